The van der Waals surface area contributed by atoms with Gasteiger partial charge in [0.25, 0.3) is 5.91 Å². The molecule has 0 aliphatic carbocycles. The van der Waals surface area contributed by atoms with Gasteiger partial charge in [0.15, 0.2) is 0 Å². The third-order valence-electron chi connectivity index (χ3n) is 2.94. The van der Waals surface area contributed by atoms with Gasteiger partial charge in [-0.25, -0.2) is 4.79 Å². The van der Waals surface area contributed by atoms with Gasteiger partial charge >= 0.3 is 5.97 Å². The summed E-state index contributed by atoms with van der Waals surface area (Å²) in [5, 5.41) is 11.8. The molecule has 2 rings (SSSR count). The van der Waals surface area contributed by atoms with Crippen LogP contribution in [0.4, 0.5) is 5.69 Å². The molecule has 2 aromatic carbocycles. The van der Waals surface area contributed by atoms with E-state index in [1.54, 1.807) is 30.3 Å². The summed E-state index contributed by atoms with van der Waals surface area (Å²) in [6.45, 7) is 3.84. The molecule has 6 heteroatoms. The van der Waals surface area contributed by atoms with Crippen molar-refractivity contribution in [3.63, 3.8) is 0 Å². The second kappa shape index (κ2) is 7.15. The lowest BCUT2D eigenvalue weighted by Gasteiger charge is -2.10. The lowest BCUT2D eigenvalue weighted by Crippen LogP contribution is -2.13. The smallest absolute Gasteiger partial charge is 0.337 e. The van der Waals surface area contributed by atoms with Crippen molar-refractivity contribution < 1.29 is 19.4 Å². The van der Waals surface area contributed by atoms with E-state index in [1.807, 2.05) is 13.8 Å². The van der Waals surface area contributed by atoms with Gasteiger partial charge in [0.1, 0.15) is 5.75 Å². The van der Waals surface area contributed by atoms with Gasteiger partial charge < -0.3 is 15.2 Å². The Morgan fingerprint density at radius 1 is 1.13 bits per heavy atom. The standard InChI is InChI=1S/C17H16ClNO4/c1-10(2)23-13-6-3-11(4-7-13)16(20)19-12-5-8-15(18)14(9-12)17(21)22/h3-10H,1-2H3,(H,19,20)(H,21,22). The molecule has 0 aliphatic rings. The highest BCUT2D eigenvalue weighted by molar-refractivity contribution is 6.33. The van der Waals surface area contributed by atoms with Gasteiger partial charge in [0.2, 0.25) is 0 Å². The Labute approximate surface area is 138 Å². The monoisotopic (exact) mass is 333 g/mol. The molecule has 0 unspecified atom stereocenters. The quantitative estimate of drug-likeness (QED) is 0.864. The zero-order valence-corrected chi connectivity index (χ0v) is 13.4. The maximum Gasteiger partial charge on any atom is 0.337 e. The van der Waals surface area contributed by atoms with E-state index in [-0.39, 0.29) is 22.6 Å². The molecule has 0 atom stereocenters. The zero-order chi connectivity index (χ0) is 17.0. The number of carbonyl (C=O) groups is 2. The number of carbonyl (C=O) groups excluding carboxylic acids is 1. The molecule has 23 heavy (non-hydrogen) atoms. The van der Waals surface area contributed by atoms with Gasteiger partial charge in [-0.2, -0.15) is 0 Å². The van der Waals surface area contributed by atoms with Crippen LogP contribution in [0.2, 0.25) is 5.02 Å². The third kappa shape index (κ3) is 4.47. The Morgan fingerprint density at radius 3 is 2.35 bits per heavy atom. The number of nitrogens with one attached hydrogen (secondary N) is 1. The summed E-state index contributed by atoms with van der Waals surface area (Å²) < 4.78 is 5.51. The Kier molecular flexibility index (Phi) is 5.24. The first-order chi connectivity index (χ1) is 10.9. The van der Waals surface area contributed by atoms with E-state index in [1.165, 1.54) is 12.1 Å². The molecule has 0 saturated carbocycles. The molecular formula is C17H16ClNO4. The van der Waals surface area contributed by atoms with Crippen molar-refractivity contribution >= 4 is 29.2 Å². The van der Waals surface area contributed by atoms with E-state index >= 15 is 0 Å². The molecule has 0 radical (unpaired) electrons. The van der Waals surface area contributed by atoms with Crippen LogP contribution in [0.1, 0.15) is 34.6 Å². The van der Waals surface area contributed by atoms with Crippen LogP contribution in [0.25, 0.3) is 0 Å². The summed E-state index contributed by atoms with van der Waals surface area (Å²) in [5.41, 5.74) is 0.734. The summed E-state index contributed by atoms with van der Waals surface area (Å²) in [5.74, 6) is -0.822. The Hall–Kier alpha value is -2.53. The van der Waals surface area contributed by atoms with Crippen molar-refractivity contribution in [2.45, 2.75) is 20.0 Å². The second-order valence-corrected chi connectivity index (χ2v) is 5.55. The third-order valence-corrected chi connectivity index (χ3v) is 3.27. The minimum absolute atomic E-state index is 0.0539. The highest BCUT2D eigenvalue weighted by atomic mass is 35.5. The number of rotatable bonds is 5. The topological polar surface area (TPSA) is 75.6 Å². The van der Waals surface area contributed by atoms with E-state index in [4.69, 9.17) is 21.4 Å². The van der Waals surface area contributed by atoms with E-state index in [0.717, 1.165) is 0 Å². The number of benzene rings is 2. The van der Waals surface area contributed by atoms with Crippen LogP contribution in [0.5, 0.6) is 5.75 Å². The number of amides is 1. The highest BCUT2D eigenvalue weighted by Crippen LogP contribution is 2.21. The number of anilines is 1. The van der Waals surface area contributed by atoms with Crippen molar-refractivity contribution in [3.05, 3.63) is 58.6 Å². The van der Waals surface area contributed by atoms with Crippen molar-refractivity contribution in [1.82, 2.24) is 0 Å². The predicted octanol–water partition coefficient (Wildman–Crippen LogP) is 4.08. The van der Waals surface area contributed by atoms with Gasteiger partial charge in [0.05, 0.1) is 16.7 Å². The van der Waals surface area contributed by atoms with Crippen LogP contribution in [-0.2, 0) is 0 Å². The Bertz CT molecular complexity index is 726. The lowest BCUT2D eigenvalue weighted by molar-refractivity contribution is 0.0696. The fourth-order valence-electron chi connectivity index (χ4n) is 1.93. The van der Waals surface area contributed by atoms with Gasteiger partial charge in [-0.15, -0.1) is 0 Å². The van der Waals surface area contributed by atoms with Crippen molar-refractivity contribution in [2.24, 2.45) is 0 Å². The fourth-order valence-corrected chi connectivity index (χ4v) is 2.13. The minimum Gasteiger partial charge on any atom is -0.491 e. The van der Waals surface area contributed by atoms with E-state index < -0.39 is 5.97 Å². The zero-order valence-electron chi connectivity index (χ0n) is 12.7. The SMILES string of the molecule is CC(C)Oc1ccc(C(=O)Nc2ccc(Cl)c(C(=O)O)c2)cc1. The van der Waals surface area contributed by atoms with Crippen molar-refractivity contribution in [2.75, 3.05) is 5.32 Å². The molecular weight excluding hydrogens is 318 g/mol. The van der Waals surface area contributed by atoms with Crippen LogP contribution in [-0.4, -0.2) is 23.1 Å². The molecule has 1 amide bonds. The van der Waals surface area contributed by atoms with E-state index in [0.29, 0.717) is 17.0 Å². The average Bonchev–Trinajstić information content (AvgIpc) is 2.49. The number of hydrogen-bond donors (Lipinski definition) is 2. The van der Waals surface area contributed by atoms with E-state index in [2.05, 4.69) is 5.32 Å². The molecule has 0 bridgehead atoms. The number of aromatic carboxylic acids is 1. The largest absolute Gasteiger partial charge is 0.491 e. The molecule has 0 aromatic heterocycles. The number of carboxylic acids is 1. The molecule has 0 aliphatic heterocycles. The second-order valence-electron chi connectivity index (χ2n) is 5.14. The number of halogens is 1. The first kappa shape index (κ1) is 16.8. The minimum atomic E-state index is -1.15. The molecule has 2 aromatic rings. The first-order valence-corrected chi connectivity index (χ1v) is 7.35. The Balaban J connectivity index is 2.13. The van der Waals surface area contributed by atoms with Gasteiger partial charge in [-0.1, -0.05) is 11.6 Å². The predicted molar refractivity (Wildman–Crippen MR) is 88.6 cm³/mol. The maximum absolute atomic E-state index is 12.2. The summed E-state index contributed by atoms with van der Waals surface area (Å²) in [6, 6.07) is 11.0. The summed E-state index contributed by atoms with van der Waals surface area (Å²) in [6.07, 6.45) is 0.0539. The molecule has 0 fully saturated rings. The van der Waals surface area contributed by atoms with Crippen molar-refractivity contribution in [3.8, 4) is 5.75 Å². The summed E-state index contributed by atoms with van der Waals surface area (Å²) >= 11 is 5.80. The van der Waals surface area contributed by atoms with Crippen LogP contribution < -0.4 is 10.1 Å². The van der Waals surface area contributed by atoms with Crippen LogP contribution in [0.15, 0.2) is 42.5 Å². The summed E-state index contributed by atoms with van der Waals surface area (Å²) in [4.78, 5) is 23.2. The average molecular weight is 334 g/mol. The van der Waals surface area contributed by atoms with Gasteiger partial charge in [-0.05, 0) is 56.3 Å². The molecule has 2 N–H and O–H groups in total. The normalized spacial score (nSPS) is 10.4. The molecule has 120 valence electrons. The number of ether oxygens (including phenoxy) is 1. The number of hydrogen-bond acceptors (Lipinski definition) is 3. The Morgan fingerprint density at radius 2 is 1.78 bits per heavy atom. The summed E-state index contributed by atoms with van der Waals surface area (Å²) in [7, 11) is 0. The van der Waals surface area contributed by atoms with Crippen LogP contribution >= 0.6 is 11.6 Å². The fraction of sp³-hybridized carbons (Fsp3) is 0.176. The van der Waals surface area contributed by atoms with Gasteiger partial charge in [-0.3, -0.25) is 4.79 Å². The molecule has 0 saturated heterocycles. The molecule has 0 spiro atoms. The molecule has 0 heterocycles. The maximum atomic E-state index is 12.2. The van der Waals surface area contributed by atoms with Crippen LogP contribution in [0.3, 0.4) is 0 Å². The first-order valence-electron chi connectivity index (χ1n) is 6.97. The van der Waals surface area contributed by atoms with Crippen molar-refractivity contribution in [1.29, 1.82) is 0 Å². The highest BCUT2D eigenvalue weighted by Gasteiger charge is 2.12. The van der Waals surface area contributed by atoms with Crippen LogP contribution in [0, 0.1) is 0 Å². The number of carboxylic acid groups (broad SMARTS) is 1. The lowest BCUT2D eigenvalue weighted by atomic mass is 10.1. The molecule has 5 nitrogen and oxygen atoms in total. The van der Waals surface area contributed by atoms with Gasteiger partial charge in [0, 0.05) is 11.3 Å². The van der Waals surface area contributed by atoms with E-state index in [9.17, 15) is 9.59 Å².